The number of carbonyl (C=O) groups excluding carboxylic acids is 1. The Morgan fingerprint density at radius 2 is 2.00 bits per heavy atom. The fourth-order valence-corrected chi connectivity index (χ4v) is 2.18. The van der Waals surface area contributed by atoms with Crippen molar-refractivity contribution in [2.45, 2.75) is 24.3 Å². The molecule has 0 aromatic carbocycles. The number of anilines is 3. The van der Waals surface area contributed by atoms with Crippen LogP contribution >= 0.6 is 11.8 Å². The van der Waals surface area contributed by atoms with Crippen molar-refractivity contribution in [3.8, 4) is 0 Å². The molecular formula is C11H14N6O2S. The van der Waals surface area contributed by atoms with E-state index in [4.69, 9.17) is 16.0 Å². The van der Waals surface area contributed by atoms with E-state index >= 15 is 0 Å². The van der Waals surface area contributed by atoms with Gasteiger partial charge in [0, 0.05) is 12.1 Å². The fraction of sp³-hybridized carbons (Fsp3) is 0.273. The lowest BCUT2D eigenvalue weighted by atomic mass is 10.4. The van der Waals surface area contributed by atoms with E-state index in [0.717, 1.165) is 11.8 Å². The van der Waals surface area contributed by atoms with Crippen molar-refractivity contribution in [1.82, 2.24) is 15.1 Å². The van der Waals surface area contributed by atoms with Crippen LogP contribution in [0.25, 0.3) is 0 Å². The Morgan fingerprint density at radius 3 is 2.55 bits per heavy atom. The Balaban J connectivity index is 2.00. The predicted octanol–water partition coefficient (Wildman–Crippen LogP) is 1.06. The van der Waals surface area contributed by atoms with Gasteiger partial charge in [-0.25, -0.2) is 9.97 Å². The monoisotopic (exact) mass is 294 g/mol. The van der Waals surface area contributed by atoms with Crippen molar-refractivity contribution < 1.29 is 9.32 Å². The highest BCUT2D eigenvalue weighted by atomic mass is 32.2. The molecule has 1 amide bonds. The van der Waals surface area contributed by atoms with Gasteiger partial charge >= 0.3 is 0 Å². The van der Waals surface area contributed by atoms with Crippen LogP contribution in [0.5, 0.6) is 0 Å². The van der Waals surface area contributed by atoms with Crippen molar-refractivity contribution in [2.24, 2.45) is 0 Å². The van der Waals surface area contributed by atoms with Crippen molar-refractivity contribution >= 4 is 35.1 Å². The van der Waals surface area contributed by atoms with Crippen molar-refractivity contribution in [3.63, 3.8) is 0 Å². The summed E-state index contributed by atoms with van der Waals surface area (Å²) in [6, 6.07) is 3.08. The van der Waals surface area contributed by atoms with Gasteiger partial charge in [-0.1, -0.05) is 16.9 Å². The molecule has 0 aliphatic heterocycles. The van der Waals surface area contributed by atoms with E-state index in [-0.39, 0.29) is 17.5 Å². The summed E-state index contributed by atoms with van der Waals surface area (Å²) >= 11 is 1.15. The fourth-order valence-electron chi connectivity index (χ4n) is 1.38. The van der Waals surface area contributed by atoms with E-state index in [9.17, 15) is 4.79 Å². The van der Waals surface area contributed by atoms with Gasteiger partial charge in [0.2, 0.25) is 5.91 Å². The minimum atomic E-state index is -0.437. The number of amides is 1. The molecular weight excluding hydrogens is 280 g/mol. The number of rotatable bonds is 4. The number of hydrogen-bond donors (Lipinski definition) is 3. The minimum Gasteiger partial charge on any atom is -0.383 e. The molecule has 0 unspecified atom stereocenters. The first kappa shape index (κ1) is 14.1. The Hall–Kier alpha value is -2.29. The summed E-state index contributed by atoms with van der Waals surface area (Å²) in [5.41, 5.74) is 11.1. The van der Waals surface area contributed by atoms with Crippen LogP contribution < -0.4 is 16.8 Å². The quantitative estimate of drug-likeness (QED) is 0.563. The number of thioether (sulfide) groups is 1. The van der Waals surface area contributed by atoms with E-state index < -0.39 is 5.25 Å². The number of aryl methyl sites for hydroxylation is 1. The van der Waals surface area contributed by atoms with Gasteiger partial charge in [0.05, 0.1) is 5.25 Å². The SMILES string of the molecule is Cc1cc(NC(=O)[C@H](C)Sc2nc(N)cc(N)n2)no1. The summed E-state index contributed by atoms with van der Waals surface area (Å²) in [7, 11) is 0. The Kier molecular flexibility index (Phi) is 4.08. The first-order chi connectivity index (χ1) is 9.44. The summed E-state index contributed by atoms with van der Waals surface area (Å²) in [6.07, 6.45) is 0. The molecule has 0 radical (unpaired) electrons. The number of nitrogens with zero attached hydrogens (tertiary/aromatic N) is 3. The number of nitrogens with one attached hydrogen (secondary N) is 1. The molecule has 0 bridgehead atoms. The molecule has 5 N–H and O–H groups in total. The van der Waals surface area contributed by atoms with Gasteiger partial charge in [-0.15, -0.1) is 0 Å². The van der Waals surface area contributed by atoms with Gasteiger partial charge < -0.3 is 21.3 Å². The molecule has 20 heavy (non-hydrogen) atoms. The van der Waals surface area contributed by atoms with Gasteiger partial charge in [-0.3, -0.25) is 4.79 Å². The lowest BCUT2D eigenvalue weighted by molar-refractivity contribution is -0.115. The highest BCUT2D eigenvalue weighted by Crippen LogP contribution is 2.22. The molecule has 2 heterocycles. The normalized spacial score (nSPS) is 12.1. The van der Waals surface area contributed by atoms with E-state index in [1.165, 1.54) is 6.07 Å². The number of carbonyl (C=O) groups is 1. The average molecular weight is 294 g/mol. The number of aromatic nitrogens is 3. The molecule has 2 rings (SSSR count). The van der Waals surface area contributed by atoms with Crippen molar-refractivity contribution in [1.29, 1.82) is 0 Å². The van der Waals surface area contributed by atoms with Crippen LogP contribution in [-0.2, 0) is 4.79 Å². The number of hydrogen-bond acceptors (Lipinski definition) is 8. The molecule has 0 aliphatic rings. The highest BCUT2D eigenvalue weighted by molar-refractivity contribution is 8.00. The van der Waals surface area contributed by atoms with E-state index in [1.807, 2.05) is 0 Å². The lowest BCUT2D eigenvalue weighted by Gasteiger charge is -2.09. The van der Waals surface area contributed by atoms with Gasteiger partial charge in [0.15, 0.2) is 11.0 Å². The first-order valence-corrected chi connectivity index (χ1v) is 6.63. The topological polar surface area (TPSA) is 133 Å². The smallest absolute Gasteiger partial charge is 0.238 e. The van der Waals surface area contributed by atoms with Gasteiger partial charge in [0.1, 0.15) is 17.4 Å². The highest BCUT2D eigenvalue weighted by Gasteiger charge is 2.18. The second-order valence-electron chi connectivity index (χ2n) is 4.07. The van der Waals surface area contributed by atoms with Gasteiger partial charge in [-0.2, -0.15) is 0 Å². The molecule has 106 valence electrons. The first-order valence-electron chi connectivity index (χ1n) is 5.75. The zero-order valence-electron chi connectivity index (χ0n) is 11.0. The Morgan fingerprint density at radius 1 is 1.35 bits per heavy atom. The molecule has 2 aromatic heterocycles. The van der Waals surface area contributed by atoms with Crippen molar-refractivity contribution in [3.05, 3.63) is 17.9 Å². The third-order valence-corrected chi connectivity index (χ3v) is 3.24. The number of nitrogen functional groups attached to an aromatic ring is 2. The largest absolute Gasteiger partial charge is 0.383 e. The molecule has 0 spiro atoms. The van der Waals surface area contributed by atoms with Gasteiger partial charge in [0.25, 0.3) is 0 Å². The van der Waals surface area contributed by atoms with Crippen LogP contribution in [0.3, 0.4) is 0 Å². The molecule has 0 fully saturated rings. The van der Waals surface area contributed by atoms with Crippen molar-refractivity contribution in [2.75, 3.05) is 16.8 Å². The molecule has 9 heteroatoms. The molecule has 0 aliphatic carbocycles. The second kappa shape index (κ2) is 5.78. The molecule has 2 aromatic rings. The van der Waals surface area contributed by atoms with Crippen LogP contribution in [0.4, 0.5) is 17.5 Å². The standard InChI is InChI=1S/C11H14N6O2S/c1-5-3-9(17-19-5)16-10(18)6(2)20-11-14-7(12)4-8(13)15-11/h3-4,6H,1-2H3,(H,16,17,18)(H4,12,13,14,15)/t6-/m0/s1. The third-order valence-electron chi connectivity index (χ3n) is 2.28. The van der Waals surface area contributed by atoms with E-state index in [0.29, 0.717) is 16.7 Å². The second-order valence-corrected chi connectivity index (χ2v) is 5.38. The summed E-state index contributed by atoms with van der Waals surface area (Å²) in [5, 5.41) is 6.23. The maximum atomic E-state index is 12.0. The number of nitrogens with two attached hydrogens (primary N) is 2. The van der Waals surface area contributed by atoms with Gasteiger partial charge in [-0.05, 0) is 13.8 Å². The summed E-state index contributed by atoms with van der Waals surface area (Å²) in [5.74, 6) is 1.27. The zero-order chi connectivity index (χ0) is 14.7. The minimum absolute atomic E-state index is 0.243. The summed E-state index contributed by atoms with van der Waals surface area (Å²) in [4.78, 5) is 20.0. The van der Waals surface area contributed by atoms with E-state index in [1.54, 1.807) is 19.9 Å². The van der Waals surface area contributed by atoms with Crippen LogP contribution in [0.15, 0.2) is 21.8 Å². The summed E-state index contributed by atoms with van der Waals surface area (Å²) < 4.78 is 4.87. The molecule has 8 nitrogen and oxygen atoms in total. The molecule has 0 saturated carbocycles. The van der Waals surface area contributed by atoms with Crippen LogP contribution in [0.1, 0.15) is 12.7 Å². The Labute approximate surface area is 119 Å². The zero-order valence-corrected chi connectivity index (χ0v) is 11.8. The average Bonchev–Trinajstić information content (AvgIpc) is 2.73. The molecule has 0 saturated heterocycles. The third kappa shape index (κ3) is 3.60. The summed E-state index contributed by atoms with van der Waals surface area (Å²) in [6.45, 7) is 3.46. The lowest BCUT2D eigenvalue weighted by Crippen LogP contribution is -2.23. The Bertz CT molecular complexity index is 609. The predicted molar refractivity (Wildman–Crippen MR) is 76.0 cm³/mol. The van der Waals surface area contributed by atoms with E-state index in [2.05, 4.69) is 20.4 Å². The molecule has 1 atom stereocenters. The van der Waals surface area contributed by atoms with Crippen LogP contribution in [0.2, 0.25) is 0 Å². The van der Waals surface area contributed by atoms with Crippen LogP contribution in [0, 0.1) is 6.92 Å². The maximum Gasteiger partial charge on any atom is 0.238 e. The van der Waals surface area contributed by atoms with Crippen LogP contribution in [-0.4, -0.2) is 26.3 Å². The maximum absolute atomic E-state index is 12.0.